The third-order valence-corrected chi connectivity index (χ3v) is 3.17. The van der Waals surface area contributed by atoms with Gasteiger partial charge in [0.05, 0.1) is 33.7 Å². The fraction of sp³-hybridized carbons (Fsp3) is 0.231. The first-order valence-corrected chi connectivity index (χ1v) is 6.22. The standard InChI is InChI=1S/C13H14ClN5/c1-3-10-12(16)13(19(2)18-10)17-11-6-8(7-15)4-5-9(11)14/h4-6,17H,3,16H2,1-2H3. The molecule has 0 unspecified atom stereocenters. The molecule has 1 heterocycles. The molecular weight excluding hydrogens is 262 g/mol. The van der Waals surface area contributed by atoms with Gasteiger partial charge < -0.3 is 11.1 Å². The largest absolute Gasteiger partial charge is 0.394 e. The molecule has 2 aromatic rings. The number of hydrogen-bond acceptors (Lipinski definition) is 4. The Balaban J connectivity index is 2.42. The topological polar surface area (TPSA) is 79.7 Å². The molecule has 3 N–H and O–H groups in total. The number of nitriles is 1. The van der Waals surface area contributed by atoms with Gasteiger partial charge in [0.2, 0.25) is 0 Å². The number of hydrogen-bond donors (Lipinski definition) is 2. The molecule has 0 saturated carbocycles. The zero-order valence-electron chi connectivity index (χ0n) is 10.7. The lowest BCUT2D eigenvalue weighted by Crippen LogP contribution is -2.02. The number of nitrogens with one attached hydrogen (secondary N) is 1. The Morgan fingerprint density at radius 2 is 2.26 bits per heavy atom. The van der Waals surface area contributed by atoms with Gasteiger partial charge in [-0.25, -0.2) is 0 Å². The minimum atomic E-state index is 0.526. The van der Waals surface area contributed by atoms with E-state index in [0.29, 0.717) is 27.8 Å². The molecule has 98 valence electrons. The van der Waals surface area contributed by atoms with E-state index in [1.165, 1.54) is 0 Å². The van der Waals surface area contributed by atoms with Crippen molar-refractivity contribution in [3.05, 3.63) is 34.5 Å². The third kappa shape index (κ3) is 2.49. The van der Waals surface area contributed by atoms with Crippen molar-refractivity contribution in [3.8, 4) is 6.07 Å². The molecule has 19 heavy (non-hydrogen) atoms. The molecule has 6 heteroatoms. The predicted molar refractivity (Wildman–Crippen MR) is 76.4 cm³/mol. The number of rotatable bonds is 3. The number of nitrogens with two attached hydrogens (primary N) is 1. The summed E-state index contributed by atoms with van der Waals surface area (Å²) in [5.74, 6) is 0.675. The van der Waals surface area contributed by atoms with Crippen LogP contribution >= 0.6 is 11.6 Å². The van der Waals surface area contributed by atoms with Crippen molar-refractivity contribution in [2.45, 2.75) is 13.3 Å². The summed E-state index contributed by atoms with van der Waals surface area (Å²) in [5.41, 5.74) is 8.63. The Morgan fingerprint density at radius 1 is 1.53 bits per heavy atom. The maximum Gasteiger partial charge on any atom is 0.152 e. The maximum atomic E-state index is 8.91. The number of nitrogens with zero attached hydrogens (tertiary/aromatic N) is 3. The van der Waals surface area contributed by atoms with E-state index in [1.54, 1.807) is 29.9 Å². The van der Waals surface area contributed by atoms with Gasteiger partial charge >= 0.3 is 0 Å². The summed E-state index contributed by atoms with van der Waals surface area (Å²) < 4.78 is 1.67. The molecule has 0 aliphatic heterocycles. The molecule has 0 amide bonds. The molecule has 1 aromatic heterocycles. The lowest BCUT2D eigenvalue weighted by atomic mass is 10.2. The van der Waals surface area contributed by atoms with Crippen molar-refractivity contribution in [3.63, 3.8) is 0 Å². The third-order valence-electron chi connectivity index (χ3n) is 2.84. The van der Waals surface area contributed by atoms with E-state index in [9.17, 15) is 0 Å². The van der Waals surface area contributed by atoms with Crippen LogP contribution in [0.25, 0.3) is 0 Å². The number of halogens is 1. The van der Waals surface area contributed by atoms with Crippen LogP contribution in [0.1, 0.15) is 18.2 Å². The first-order chi connectivity index (χ1) is 9.06. The lowest BCUT2D eigenvalue weighted by molar-refractivity contribution is 0.753. The fourth-order valence-corrected chi connectivity index (χ4v) is 1.99. The number of benzene rings is 1. The molecule has 0 fully saturated rings. The first kappa shape index (κ1) is 13.2. The molecule has 5 nitrogen and oxygen atoms in total. The van der Waals surface area contributed by atoms with E-state index in [2.05, 4.69) is 16.5 Å². The van der Waals surface area contributed by atoms with Gasteiger partial charge in [-0.3, -0.25) is 4.68 Å². The van der Waals surface area contributed by atoms with Crippen LogP contribution in [0.4, 0.5) is 17.2 Å². The Labute approximate surface area is 116 Å². The number of nitrogen functional groups attached to an aromatic ring is 1. The Morgan fingerprint density at radius 3 is 2.84 bits per heavy atom. The van der Waals surface area contributed by atoms with Gasteiger partial charge in [0.1, 0.15) is 0 Å². The average molecular weight is 276 g/mol. The second-order valence-corrected chi connectivity index (χ2v) is 4.52. The smallest absolute Gasteiger partial charge is 0.152 e. The van der Waals surface area contributed by atoms with Crippen LogP contribution in [0.3, 0.4) is 0 Å². The van der Waals surface area contributed by atoms with E-state index in [-0.39, 0.29) is 0 Å². The van der Waals surface area contributed by atoms with Gasteiger partial charge in [0, 0.05) is 7.05 Å². The monoisotopic (exact) mass is 275 g/mol. The normalized spacial score (nSPS) is 10.2. The van der Waals surface area contributed by atoms with Crippen LogP contribution in [0, 0.1) is 11.3 Å². The quantitative estimate of drug-likeness (QED) is 0.903. The molecule has 0 spiro atoms. The highest BCUT2D eigenvalue weighted by atomic mass is 35.5. The summed E-state index contributed by atoms with van der Waals surface area (Å²) in [5, 5.41) is 16.9. The molecule has 0 aliphatic carbocycles. The van der Waals surface area contributed by atoms with Gasteiger partial charge in [-0.05, 0) is 24.6 Å². The number of aromatic nitrogens is 2. The fourth-order valence-electron chi connectivity index (χ4n) is 1.82. The van der Waals surface area contributed by atoms with Crippen molar-refractivity contribution in [2.75, 3.05) is 11.1 Å². The Bertz CT molecular complexity index is 654. The molecule has 0 bridgehead atoms. The van der Waals surface area contributed by atoms with Crippen LogP contribution in [0.5, 0.6) is 0 Å². The van der Waals surface area contributed by atoms with Gasteiger partial charge in [-0.15, -0.1) is 0 Å². The lowest BCUT2D eigenvalue weighted by Gasteiger charge is -2.09. The van der Waals surface area contributed by atoms with E-state index >= 15 is 0 Å². The van der Waals surface area contributed by atoms with E-state index < -0.39 is 0 Å². The van der Waals surface area contributed by atoms with Crippen molar-refractivity contribution in [1.29, 1.82) is 5.26 Å². The van der Waals surface area contributed by atoms with Crippen molar-refractivity contribution >= 4 is 28.8 Å². The summed E-state index contributed by atoms with van der Waals surface area (Å²) in [4.78, 5) is 0. The van der Waals surface area contributed by atoms with Gasteiger partial charge in [0.25, 0.3) is 0 Å². The van der Waals surface area contributed by atoms with Crippen LogP contribution < -0.4 is 11.1 Å². The maximum absolute atomic E-state index is 8.91. The number of aryl methyl sites for hydroxylation is 2. The van der Waals surface area contributed by atoms with Gasteiger partial charge in [-0.1, -0.05) is 18.5 Å². The molecule has 0 aliphatic rings. The van der Waals surface area contributed by atoms with Crippen LogP contribution in [-0.2, 0) is 13.5 Å². The van der Waals surface area contributed by atoms with Crippen molar-refractivity contribution < 1.29 is 0 Å². The van der Waals surface area contributed by atoms with E-state index in [0.717, 1.165) is 12.1 Å². The van der Waals surface area contributed by atoms with Crippen molar-refractivity contribution in [2.24, 2.45) is 7.05 Å². The zero-order chi connectivity index (χ0) is 14.0. The predicted octanol–water partition coefficient (Wildman–Crippen LogP) is 2.83. The molecule has 0 radical (unpaired) electrons. The minimum absolute atomic E-state index is 0.526. The van der Waals surface area contributed by atoms with Crippen LogP contribution in [0.2, 0.25) is 5.02 Å². The summed E-state index contributed by atoms with van der Waals surface area (Å²) in [6, 6.07) is 7.10. The van der Waals surface area contributed by atoms with Crippen molar-refractivity contribution in [1.82, 2.24) is 9.78 Å². The molecule has 2 rings (SSSR count). The second-order valence-electron chi connectivity index (χ2n) is 4.12. The summed E-state index contributed by atoms with van der Waals surface area (Å²) in [6.07, 6.45) is 0.757. The highest BCUT2D eigenvalue weighted by Crippen LogP contribution is 2.30. The zero-order valence-corrected chi connectivity index (χ0v) is 11.5. The molecule has 0 atom stereocenters. The van der Waals surface area contributed by atoms with E-state index in [1.807, 2.05) is 6.92 Å². The van der Waals surface area contributed by atoms with Gasteiger partial charge in [-0.2, -0.15) is 10.4 Å². The van der Waals surface area contributed by atoms with Gasteiger partial charge in [0.15, 0.2) is 5.82 Å². The highest BCUT2D eigenvalue weighted by molar-refractivity contribution is 6.33. The average Bonchev–Trinajstić information content (AvgIpc) is 2.68. The molecule has 1 aromatic carbocycles. The Hall–Kier alpha value is -2.19. The first-order valence-electron chi connectivity index (χ1n) is 5.84. The molecule has 0 saturated heterocycles. The minimum Gasteiger partial charge on any atom is -0.394 e. The highest BCUT2D eigenvalue weighted by Gasteiger charge is 2.13. The van der Waals surface area contributed by atoms with Crippen LogP contribution in [0.15, 0.2) is 18.2 Å². The SMILES string of the molecule is CCc1nn(C)c(Nc2cc(C#N)ccc2Cl)c1N. The molecular formula is C13H14ClN5. The second kappa shape index (κ2) is 5.21. The Kier molecular flexibility index (Phi) is 3.63. The van der Waals surface area contributed by atoms with E-state index in [4.69, 9.17) is 22.6 Å². The van der Waals surface area contributed by atoms with Crippen LogP contribution in [-0.4, -0.2) is 9.78 Å². The summed E-state index contributed by atoms with van der Waals surface area (Å²) in [7, 11) is 1.81. The number of anilines is 3. The summed E-state index contributed by atoms with van der Waals surface area (Å²) in [6.45, 7) is 1.99. The summed E-state index contributed by atoms with van der Waals surface area (Å²) >= 11 is 6.11.